The molecule has 2 N–H and O–H groups in total. The normalized spacial score (nSPS) is 19.1. The van der Waals surface area contributed by atoms with Crippen LogP contribution >= 0.6 is 11.6 Å². The fourth-order valence-electron chi connectivity index (χ4n) is 3.03. The first-order chi connectivity index (χ1) is 8.66. The molecule has 0 amide bonds. The Bertz CT molecular complexity index is 386. The highest BCUT2D eigenvalue weighted by Gasteiger charge is 2.34. The van der Waals surface area contributed by atoms with Crippen molar-refractivity contribution >= 4 is 11.6 Å². The van der Waals surface area contributed by atoms with Crippen LogP contribution in [0.4, 0.5) is 0 Å². The Balaban J connectivity index is 2.07. The van der Waals surface area contributed by atoms with Crippen molar-refractivity contribution in [2.45, 2.75) is 44.2 Å². The van der Waals surface area contributed by atoms with Crippen LogP contribution in [-0.2, 0) is 6.54 Å². The summed E-state index contributed by atoms with van der Waals surface area (Å²) in [6.07, 6.45) is 6.40. The zero-order chi connectivity index (χ0) is 13.0. The molecule has 3 heteroatoms. The molecule has 100 valence electrons. The molecule has 1 aromatic rings. The van der Waals surface area contributed by atoms with Crippen molar-refractivity contribution in [3.8, 4) is 0 Å². The molecule has 1 saturated carbocycles. The van der Waals surface area contributed by atoms with Gasteiger partial charge in [-0.1, -0.05) is 43.0 Å². The highest BCUT2D eigenvalue weighted by molar-refractivity contribution is 6.30. The Labute approximate surface area is 115 Å². The van der Waals surface area contributed by atoms with Crippen LogP contribution in [0.3, 0.4) is 0 Å². The fraction of sp³-hybridized carbons (Fsp3) is 0.600. The highest BCUT2D eigenvalue weighted by atomic mass is 35.5. The fourth-order valence-corrected chi connectivity index (χ4v) is 3.24. The summed E-state index contributed by atoms with van der Waals surface area (Å²) >= 11 is 6.04. The lowest BCUT2D eigenvalue weighted by molar-refractivity contribution is 0.0758. The van der Waals surface area contributed by atoms with Crippen LogP contribution in [0.5, 0.6) is 0 Å². The molecule has 2 nitrogen and oxygen atoms in total. The topological polar surface area (TPSA) is 29.3 Å². The predicted octanol–water partition coefficient (Wildman–Crippen LogP) is 3.43. The Morgan fingerprint density at radius 1 is 1.28 bits per heavy atom. The van der Waals surface area contributed by atoms with Crippen molar-refractivity contribution in [1.82, 2.24) is 4.90 Å². The largest absolute Gasteiger partial charge is 0.329 e. The van der Waals surface area contributed by atoms with Crippen molar-refractivity contribution in [3.05, 3.63) is 34.9 Å². The van der Waals surface area contributed by atoms with E-state index in [0.717, 1.165) is 18.1 Å². The standard InChI is InChI=1S/C15H23ClN2/c1-18(11-13-6-5-7-14(16)10-13)15(12-17)8-3-2-4-9-15/h5-7,10H,2-4,8-9,11-12,17H2,1H3. The van der Waals surface area contributed by atoms with Crippen LogP contribution in [0.15, 0.2) is 24.3 Å². The van der Waals surface area contributed by atoms with Crippen LogP contribution in [0.25, 0.3) is 0 Å². The van der Waals surface area contributed by atoms with Gasteiger partial charge in [-0.05, 0) is 37.6 Å². The molecule has 0 unspecified atom stereocenters. The third-order valence-electron chi connectivity index (χ3n) is 4.28. The van der Waals surface area contributed by atoms with Gasteiger partial charge in [-0.15, -0.1) is 0 Å². The smallest absolute Gasteiger partial charge is 0.0409 e. The predicted molar refractivity (Wildman–Crippen MR) is 77.8 cm³/mol. The van der Waals surface area contributed by atoms with E-state index in [-0.39, 0.29) is 5.54 Å². The van der Waals surface area contributed by atoms with E-state index in [2.05, 4.69) is 18.0 Å². The highest BCUT2D eigenvalue weighted by Crippen LogP contribution is 2.33. The molecule has 0 aliphatic heterocycles. The molecule has 1 aliphatic carbocycles. The van der Waals surface area contributed by atoms with Gasteiger partial charge in [0.1, 0.15) is 0 Å². The number of hydrogen-bond donors (Lipinski definition) is 1. The van der Waals surface area contributed by atoms with Crippen LogP contribution in [-0.4, -0.2) is 24.0 Å². The molecule has 0 saturated heterocycles. The van der Waals surface area contributed by atoms with Gasteiger partial charge < -0.3 is 5.73 Å². The molecule has 0 aromatic heterocycles. The molecule has 2 rings (SSSR count). The first-order valence-electron chi connectivity index (χ1n) is 6.82. The molecule has 0 heterocycles. The summed E-state index contributed by atoms with van der Waals surface area (Å²) in [5, 5.41) is 0.811. The lowest BCUT2D eigenvalue weighted by Gasteiger charge is -2.44. The summed E-state index contributed by atoms with van der Waals surface area (Å²) in [4.78, 5) is 2.43. The van der Waals surface area contributed by atoms with E-state index in [1.165, 1.54) is 37.7 Å². The maximum Gasteiger partial charge on any atom is 0.0409 e. The zero-order valence-electron chi connectivity index (χ0n) is 11.2. The van der Waals surface area contributed by atoms with E-state index in [0.29, 0.717) is 0 Å². The van der Waals surface area contributed by atoms with Gasteiger partial charge in [-0.3, -0.25) is 4.90 Å². The summed E-state index contributed by atoms with van der Waals surface area (Å²) in [7, 11) is 2.19. The van der Waals surface area contributed by atoms with Crippen LogP contribution < -0.4 is 5.73 Å². The monoisotopic (exact) mass is 266 g/mol. The molecule has 0 atom stereocenters. The SMILES string of the molecule is CN(Cc1cccc(Cl)c1)C1(CN)CCCCC1. The van der Waals surface area contributed by atoms with Crippen molar-refractivity contribution < 1.29 is 0 Å². The first-order valence-corrected chi connectivity index (χ1v) is 7.20. The van der Waals surface area contributed by atoms with Gasteiger partial charge in [-0.2, -0.15) is 0 Å². The summed E-state index contributed by atoms with van der Waals surface area (Å²) in [5.41, 5.74) is 7.52. The van der Waals surface area contributed by atoms with Crippen molar-refractivity contribution in [3.63, 3.8) is 0 Å². The van der Waals surface area contributed by atoms with E-state index >= 15 is 0 Å². The minimum atomic E-state index is 0.195. The second-order valence-electron chi connectivity index (χ2n) is 5.48. The number of halogens is 1. The van der Waals surface area contributed by atoms with Gasteiger partial charge in [0.05, 0.1) is 0 Å². The summed E-state index contributed by atoms with van der Waals surface area (Å²) < 4.78 is 0. The molecule has 18 heavy (non-hydrogen) atoms. The molecule has 1 fully saturated rings. The number of nitrogens with two attached hydrogens (primary N) is 1. The van der Waals surface area contributed by atoms with Crippen molar-refractivity contribution in [2.75, 3.05) is 13.6 Å². The molecule has 0 bridgehead atoms. The lowest BCUT2D eigenvalue weighted by atomic mass is 9.80. The van der Waals surface area contributed by atoms with Gasteiger partial charge in [0.2, 0.25) is 0 Å². The van der Waals surface area contributed by atoms with Gasteiger partial charge in [-0.25, -0.2) is 0 Å². The maximum absolute atomic E-state index is 6.05. The molecule has 1 aromatic carbocycles. The van der Waals surface area contributed by atoms with Gasteiger partial charge >= 0.3 is 0 Å². The van der Waals surface area contributed by atoms with Crippen molar-refractivity contribution in [2.24, 2.45) is 5.73 Å². The van der Waals surface area contributed by atoms with Crippen LogP contribution in [0, 0.1) is 0 Å². The van der Waals surface area contributed by atoms with E-state index in [4.69, 9.17) is 17.3 Å². The Morgan fingerprint density at radius 2 is 2.00 bits per heavy atom. The summed E-state index contributed by atoms with van der Waals surface area (Å²) in [5.74, 6) is 0. The number of rotatable bonds is 4. The average Bonchev–Trinajstić information content (AvgIpc) is 2.39. The van der Waals surface area contributed by atoms with Gasteiger partial charge in [0, 0.05) is 23.7 Å². The molecule has 1 aliphatic rings. The molecule has 0 spiro atoms. The minimum Gasteiger partial charge on any atom is -0.329 e. The molecular formula is C15H23ClN2. The summed E-state index contributed by atoms with van der Waals surface area (Å²) in [6, 6.07) is 8.12. The molecular weight excluding hydrogens is 244 g/mol. The van der Waals surface area contributed by atoms with Crippen LogP contribution in [0.1, 0.15) is 37.7 Å². The zero-order valence-corrected chi connectivity index (χ0v) is 11.9. The third-order valence-corrected chi connectivity index (χ3v) is 4.52. The van der Waals surface area contributed by atoms with Gasteiger partial charge in [0.25, 0.3) is 0 Å². The maximum atomic E-state index is 6.05. The first kappa shape index (κ1) is 13.9. The Morgan fingerprint density at radius 3 is 2.61 bits per heavy atom. The van der Waals surface area contributed by atoms with Crippen molar-refractivity contribution in [1.29, 1.82) is 0 Å². The Hall–Kier alpha value is -0.570. The summed E-state index contributed by atoms with van der Waals surface area (Å²) in [6.45, 7) is 1.68. The average molecular weight is 267 g/mol. The quantitative estimate of drug-likeness (QED) is 0.905. The molecule has 0 radical (unpaired) electrons. The second kappa shape index (κ2) is 6.05. The minimum absolute atomic E-state index is 0.195. The number of benzene rings is 1. The number of hydrogen-bond acceptors (Lipinski definition) is 2. The second-order valence-corrected chi connectivity index (χ2v) is 5.91. The van der Waals surface area contributed by atoms with E-state index in [1.807, 2.05) is 18.2 Å². The Kier molecular flexibility index (Phi) is 4.66. The van der Waals surface area contributed by atoms with Crippen LogP contribution in [0.2, 0.25) is 5.02 Å². The number of likely N-dealkylation sites (N-methyl/N-ethyl adjacent to an activating group) is 1. The van der Waals surface area contributed by atoms with E-state index < -0.39 is 0 Å². The van der Waals surface area contributed by atoms with E-state index in [9.17, 15) is 0 Å². The third kappa shape index (κ3) is 3.05. The number of nitrogens with zero attached hydrogens (tertiary/aromatic N) is 1. The van der Waals surface area contributed by atoms with E-state index in [1.54, 1.807) is 0 Å². The van der Waals surface area contributed by atoms with Gasteiger partial charge in [0.15, 0.2) is 0 Å². The lowest BCUT2D eigenvalue weighted by Crippen LogP contribution is -2.52.